The summed E-state index contributed by atoms with van der Waals surface area (Å²) in [6.45, 7) is 6.47. The van der Waals surface area contributed by atoms with Gasteiger partial charge in [-0.2, -0.15) is 0 Å². The van der Waals surface area contributed by atoms with Gasteiger partial charge in [-0.15, -0.1) is 0 Å². The van der Waals surface area contributed by atoms with Crippen molar-refractivity contribution in [1.82, 2.24) is 0 Å². The summed E-state index contributed by atoms with van der Waals surface area (Å²) >= 11 is 0. The summed E-state index contributed by atoms with van der Waals surface area (Å²) in [5.41, 5.74) is 0. The molecular weight excluding hydrogens is 328 g/mol. The third-order valence-corrected chi connectivity index (χ3v) is 4.55. The fraction of sp³-hybridized carbons (Fsp3) is 0.955. The van der Waals surface area contributed by atoms with Crippen LogP contribution in [0.15, 0.2) is 0 Å². The first kappa shape index (κ1) is 25.4. The van der Waals surface area contributed by atoms with Gasteiger partial charge in [-0.05, 0) is 6.42 Å². The van der Waals surface area contributed by atoms with Crippen LogP contribution < -0.4 is 0 Å². The van der Waals surface area contributed by atoms with Gasteiger partial charge in [-0.3, -0.25) is 4.79 Å². The van der Waals surface area contributed by atoms with Crippen LogP contribution in [-0.4, -0.2) is 39.0 Å². The standard InChI is InChI=1S/C22H44O4/c1-3-4-5-6-7-8-9-10-11-12-13-14-15-16-17-24-18-19-25-20-21-26-22(2)23/h3-21H2,1-2H3. The predicted octanol–water partition coefficient (Wildman–Crippen LogP) is 6.06. The first-order valence-electron chi connectivity index (χ1n) is 11.1. The number of carbonyl (C=O) groups is 1. The van der Waals surface area contributed by atoms with Gasteiger partial charge in [0.2, 0.25) is 0 Å². The van der Waals surface area contributed by atoms with Crippen molar-refractivity contribution in [2.24, 2.45) is 0 Å². The van der Waals surface area contributed by atoms with E-state index in [1.165, 1.54) is 90.4 Å². The molecule has 0 aromatic rings. The molecule has 0 rings (SSSR count). The van der Waals surface area contributed by atoms with Crippen molar-refractivity contribution in [2.75, 3.05) is 33.0 Å². The molecule has 0 aromatic carbocycles. The lowest BCUT2D eigenvalue weighted by Crippen LogP contribution is -2.11. The van der Waals surface area contributed by atoms with E-state index in [1.54, 1.807) is 0 Å². The van der Waals surface area contributed by atoms with Gasteiger partial charge >= 0.3 is 5.97 Å². The molecule has 0 bridgehead atoms. The third-order valence-electron chi connectivity index (χ3n) is 4.55. The van der Waals surface area contributed by atoms with Gasteiger partial charge in [0.1, 0.15) is 6.61 Å². The van der Waals surface area contributed by atoms with E-state index in [9.17, 15) is 4.79 Å². The molecule has 0 amide bonds. The molecule has 0 spiro atoms. The molecule has 0 heterocycles. The van der Waals surface area contributed by atoms with Gasteiger partial charge in [-0.25, -0.2) is 0 Å². The van der Waals surface area contributed by atoms with E-state index >= 15 is 0 Å². The molecule has 0 aliphatic rings. The number of carbonyl (C=O) groups excluding carboxylic acids is 1. The Bertz CT molecular complexity index is 281. The highest BCUT2D eigenvalue weighted by atomic mass is 16.6. The van der Waals surface area contributed by atoms with E-state index in [1.807, 2.05) is 0 Å². The molecule has 0 N–H and O–H groups in total. The van der Waals surface area contributed by atoms with E-state index < -0.39 is 0 Å². The minimum absolute atomic E-state index is 0.261. The Morgan fingerprint density at radius 3 is 1.38 bits per heavy atom. The number of hydrogen-bond donors (Lipinski definition) is 0. The number of esters is 1. The third kappa shape index (κ3) is 23.4. The molecule has 0 saturated heterocycles. The maximum absolute atomic E-state index is 10.5. The minimum Gasteiger partial charge on any atom is -0.463 e. The van der Waals surface area contributed by atoms with Crippen LogP contribution in [0.1, 0.15) is 104 Å². The molecule has 0 fully saturated rings. The van der Waals surface area contributed by atoms with Crippen molar-refractivity contribution in [3.63, 3.8) is 0 Å². The van der Waals surface area contributed by atoms with Crippen LogP contribution >= 0.6 is 0 Å². The number of hydrogen-bond acceptors (Lipinski definition) is 4. The molecule has 0 saturated carbocycles. The normalized spacial score (nSPS) is 11.0. The highest BCUT2D eigenvalue weighted by Gasteiger charge is 1.96. The Balaban J connectivity index is 2.98. The molecule has 0 aliphatic carbocycles. The lowest BCUT2D eigenvalue weighted by molar-refractivity contribution is -0.142. The monoisotopic (exact) mass is 372 g/mol. The van der Waals surface area contributed by atoms with Crippen molar-refractivity contribution in [2.45, 2.75) is 104 Å². The second kappa shape index (κ2) is 22.4. The molecule has 0 aliphatic heterocycles. The van der Waals surface area contributed by atoms with E-state index in [0.717, 1.165) is 13.0 Å². The topological polar surface area (TPSA) is 44.8 Å². The second-order valence-electron chi connectivity index (χ2n) is 7.16. The molecule has 0 aromatic heterocycles. The Labute approximate surface area is 162 Å². The fourth-order valence-corrected chi connectivity index (χ4v) is 2.96. The summed E-state index contributed by atoms with van der Waals surface area (Å²) in [7, 11) is 0. The first-order chi connectivity index (χ1) is 12.8. The van der Waals surface area contributed by atoms with Gasteiger partial charge < -0.3 is 14.2 Å². The van der Waals surface area contributed by atoms with Crippen LogP contribution in [0, 0.1) is 0 Å². The Morgan fingerprint density at radius 2 is 0.923 bits per heavy atom. The van der Waals surface area contributed by atoms with E-state index in [4.69, 9.17) is 14.2 Å². The quantitative estimate of drug-likeness (QED) is 0.181. The predicted molar refractivity (Wildman–Crippen MR) is 109 cm³/mol. The Kier molecular flexibility index (Phi) is 21.9. The SMILES string of the molecule is CCCCCCCCCCCCCCCCOCCOCCOC(C)=O. The molecule has 4 heteroatoms. The lowest BCUT2D eigenvalue weighted by Gasteiger charge is -2.06. The summed E-state index contributed by atoms with van der Waals surface area (Å²) < 4.78 is 15.6. The molecule has 4 nitrogen and oxygen atoms in total. The van der Waals surface area contributed by atoms with Crippen LogP contribution in [-0.2, 0) is 19.0 Å². The van der Waals surface area contributed by atoms with Crippen LogP contribution in [0.2, 0.25) is 0 Å². The molecule has 0 atom stereocenters. The zero-order valence-corrected chi connectivity index (χ0v) is 17.6. The smallest absolute Gasteiger partial charge is 0.302 e. The Hall–Kier alpha value is -0.610. The largest absolute Gasteiger partial charge is 0.463 e. The average Bonchev–Trinajstić information content (AvgIpc) is 2.62. The molecule has 156 valence electrons. The lowest BCUT2D eigenvalue weighted by atomic mass is 10.0. The first-order valence-corrected chi connectivity index (χ1v) is 11.1. The van der Waals surface area contributed by atoms with Crippen molar-refractivity contribution >= 4 is 5.97 Å². The number of ether oxygens (including phenoxy) is 3. The van der Waals surface area contributed by atoms with Crippen LogP contribution in [0.25, 0.3) is 0 Å². The van der Waals surface area contributed by atoms with Gasteiger partial charge in [0.25, 0.3) is 0 Å². The zero-order chi connectivity index (χ0) is 19.1. The van der Waals surface area contributed by atoms with E-state index in [2.05, 4.69) is 6.92 Å². The van der Waals surface area contributed by atoms with Crippen LogP contribution in [0.3, 0.4) is 0 Å². The van der Waals surface area contributed by atoms with Crippen molar-refractivity contribution in [1.29, 1.82) is 0 Å². The van der Waals surface area contributed by atoms with Gasteiger partial charge in [0, 0.05) is 13.5 Å². The van der Waals surface area contributed by atoms with E-state index in [0.29, 0.717) is 26.4 Å². The maximum atomic E-state index is 10.5. The second-order valence-corrected chi connectivity index (χ2v) is 7.16. The van der Waals surface area contributed by atoms with Crippen molar-refractivity contribution in [3.05, 3.63) is 0 Å². The summed E-state index contributed by atoms with van der Waals surface area (Å²) in [5, 5.41) is 0. The summed E-state index contributed by atoms with van der Waals surface area (Å²) in [6, 6.07) is 0. The molecule has 26 heavy (non-hydrogen) atoms. The molecule has 0 unspecified atom stereocenters. The van der Waals surface area contributed by atoms with Gasteiger partial charge in [-0.1, -0.05) is 90.4 Å². The summed E-state index contributed by atoms with van der Waals surface area (Å²) in [4.78, 5) is 10.5. The summed E-state index contributed by atoms with van der Waals surface area (Å²) in [5.74, 6) is -0.261. The zero-order valence-electron chi connectivity index (χ0n) is 17.6. The van der Waals surface area contributed by atoms with Gasteiger partial charge in [0.15, 0.2) is 0 Å². The fourth-order valence-electron chi connectivity index (χ4n) is 2.96. The maximum Gasteiger partial charge on any atom is 0.302 e. The summed E-state index contributed by atoms with van der Waals surface area (Å²) in [6.07, 6.45) is 19.3. The van der Waals surface area contributed by atoms with E-state index in [-0.39, 0.29) is 5.97 Å². The molecular formula is C22H44O4. The number of unbranched alkanes of at least 4 members (excludes halogenated alkanes) is 13. The molecule has 0 radical (unpaired) electrons. The highest BCUT2D eigenvalue weighted by molar-refractivity contribution is 5.65. The average molecular weight is 373 g/mol. The van der Waals surface area contributed by atoms with Crippen molar-refractivity contribution < 1.29 is 19.0 Å². The highest BCUT2D eigenvalue weighted by Crippen LogP contribution is 2.12. The number of rotatable bonds is 21. The minimum atomic E-state index is -0.261. The van der Waals surface area contributed by atoms with Crippen LogP contribution in [0.5, 0.6) is 0 Å². The van der Waals surface area contributed by atoms with Crippen LogP contribution in [0.4, 0.5) is 0 Å². The van der Waals surface area contributed by atoms with Crippen molar-refractivity contribution in [3.8, 4) is 0 Å². The van der Waals surface area contributed by atoms with Gasteiger partial charge in [0.05, 0.1) is 19.8 Å². The Morgan fingerprint density at radius 1 is 0.538 bits per heavy atom.